The average Bonchev–Trinajstić information content (AvgIpc) is 3.02. The molecule has 0 bridgehead atoms. The number of rotatable bonds is 2. The van der Waals surface area contributed by atoms with Gasteiger partial charge in [0, 0.05) is 13.1 Å². The maximum Gasteiger partial charge on any atom is 0.230 e. The molecule has 4 rings (SSSR count). The lowest BCUT2D eigenvalue weighted by Gasteiger charge is -2.31. The molecule has 3 heterocycles. The van der Waals surface area contributed by atoms with Crippen molar-refractivity contribution in [3.63, 3.8) is 0 Å². The maximum atomic E-state index is 9.80. The molecule has 122 valence electrons. The zero-order valence-electron chi connectivity index (χ0n) is 13.5. The SMILES string of the molecule is Cc1nc2c(o1)N(c1cccnc1)C(N)=C(C#N)[C@H]2c1ccccc1. The zero-order chi connectivity index (χ0) is 17.4. The van der Waals surface area contributed by atoms with Gasteiger partial charge in [0.25, 0.3) is 0 Å². The first-order valence-corrected chi connectivity index (χ1v) is 7.83. The number of allylic oxidation sites excluding steroid dienone is 1. The third kappa shape index (κ3) is 2.34. The van der Waals surface area contributed by atoms with Crippen LogP contribution in [0.5, 0.6) is 0 Å². The number of aromatic nitrogens is 2. The van der Waals surface area contributed by atoms with Gasteiger partial charge in [-0.15, -0.1) is 0 Å². The number of benzene rings is 1. The van der Waals surface area contributed by atoms with Crippen LogP contribution in [0.2, 0.25) is 0 Å². The summed E-state index contributed by atoms with van der Waals surface area (Å²) in [5.41, 5.74) is 9.17. The van der Waals surface area contributed by atoms with E-state index in [1.165, 1.54) is 0 Å². The Bertz CT molecular complexity index is 986. The van der Waals surface area contributed by atoms with Crippen molar-refractivity contribution in [1.29, 1.82) is 5.26 Å². The highest BCUT2D eigenvalue weighted by molar-refractivity contribution is 5.72. The van der Waals surface area contributed by atoms with E-state index >= 15 is 0 Å². The van der Waals surface area contributed by atoms with Gasteiger partial charge in [-0.3, -0.25) is 9.88 Å². The van der Waals surface area contributed by atoms with E-state index in [0.29, 0.717) is 28.9 Å². The van der Waals surface area contributed by atoms with Gasteiger partial charge >= 0.3 is 0 Å². The highest BCUT2D eigenvalue weighted by Gasteiger charge is 2.38. The molecule has 6 heteroatoms. The number of hydrogen-bond donors (Lipinski definition) is 1. The number of nitrogens with zero attached hydrogens (tertiary/aromatic N) is 4. The highest BCUT2D eigenvalue weighted by atomic mass is 16.4. The van der Waals surface area contributed by atoms with E-state index in [4.69, 9.17) is 10.2 Å². The first-order valence-electron chi connectivity index (χ1n) is 7.83. The van der Waals surface area contributed by atoms with Gasteiger partial charge in [-0.1, -0.05) is 30.3 Å². The number of anilines is 2. The van der Waals surface area contributed by atoms with E-state index in [-0.39, 0.29) is 5.92 Å². The van der Waals surface area contributed by atoms with Crippen molar-refractivity contribution in [3.05, 3.63) is 83.4 Å². The summed E-state index contributed by atoms with van der Waals surface area (Å²) in [5.74, 6) is 1.02. The Hall–Kier alpha value is -3.59. The summed E-state index contributed by atoms with van der Waals surface area (Å²) in [4.78, 5) is 10.4. The van der Waals surface area contributed by atoms with Crippen molar-refractivity contribution in [1.82, 2.24) is 9.97 Å². The second kappa shape index (κ2) is 5.80. The minimum atomic E-state index is -0.355. The van der Waals surface area contributed by atoms with Crippen LogP contribution in [0.4, 0.5) is 11.6 Å². The lowest BCUT2D eigenvalue weighted by Crippen LogP contribution is -2.31. The van der Waals surface area contributed by atoms with E-state index in [2.05, 4.69) is 16.0 Å². The number of pyridine rings is 1. The van der Waals surface area contributed by atoms with E-state index in [1.807, 2.05) is 36.4 Å². The molecule has 0 amide bonds. The second-order valence-electron chi connectivity index (χ2n) is 5.72. The van der Waals surface area contributed by atoms with Crippen LogP contribution in [0.3, 0.4) is 0 Å². The summed E-state index contributed by atoms with van der Waals surface area (Å²) in [5, 5.41) is 9.80. The van der Waals surface area contributed by atoms with E-state index in [9.17, 15) is 5.26 Å². The summed E-state index contributed by atoms with van der Waals surface area (Å²) in [6.45, 7) is 1.78. The molecule has 0 unspecified atom stereocenters. The fourth-order valence-corrected chi connectivity index (χ4v) is 3.13. The molecule has 0 saturated heterocycles. The average molecular weight is 329 g/mol. The molecule has 0 spiro atoms. The third-order valence-electron chi connectivity index (χ3n) is 4.18. The summed E-state index contributed by atoms with van der Waals surface area (Å²) in [7, 11) is 0. The predicted octanol–water partition coefficient (Wildman–Crippen LogP) is 3.36. The molecule has 0 fully saturated rings. The molecular formula is C19H15N5O. The Morgan fingerprint density at radius 3 is 2.68 bits per heavy atom. The van der Waals surface area contributed by atoms with Gasteiger partial charge in [-0.05, 0) is 17.7 Å². The Balaban J connectivity index is 1.98. The molecule has 1 atom stereocenters. The fraction of sp³-hybridized carbons (Fsp3) is 0.105. The lowest BCUT2D eigenvalue weighted by atomic mass is 9.86. The van der Waals surface area contributed by atoms with Gasteiger partial charge in [-0.2, -0.15) is 5.26 Å². The third-order valence-corrected chi connectivity index (χ3v) is 4.18. The number of oxazole rings is 1. The van der Waals surface area contributed by atoms with Crippen molar-refractivity contribution in [2.75, 3.05) is 4.90 Å². The molecule has 1 aromatic carbocycles. The molecule has 0 radical (unpaired) electrons. The van der Waals surface area contributed by atoms with Crippen LogP contribution in [0.15, 0.2) is 70.7 Å². The standard InChI is InChI=1S/C19H15N5O/c1-12-23-17-16(13-6-3-2-4-7-13)15(10-20)18(21)24(19(17)25-12)14-8-5-9-22-11-14/h2-9,11,16H,21H2,1H3/t16-/m1/s1. The Morgan fingerprint density at radius 2 is 2.00 bits per heavy atom. The zero-order valence-corrected chi connectivity index (χ0v) is 13.5. The molecule has 0 saturated carbocycles. The molecule has 2 aromatic heterocycles. The molecule has 25 heavy (non-hydrogen) atoms. The van der Waals surface area contributed by atoms with E-state index < -0.39 is 0 Å². The number of fused-ring (bicyclic) bond motifs is 1. The van der Waals surface area contributed by atoms with Crippen molar-refractivity contribution >= 4 is 11.6 Å². The highest BCUT2D eigenvalue weighted by Crippen LogP contribution is 2.45. The number of nitriles is 1. The molecular weight excluding hydrogens is 314 g/mol. The summed E-state index contributed by atoms with van der Waals surface area (Å²) >= 11 is 0. The molecule has 1 aliphatic rings. The first kappa shape index (κ1) is 15.0. The number of aryl methyl sites for hydroxylation is 1. The minimum Gasteiger partial charge on any atom is -0.424 e. The number of hydrogen-bond acceptors (Lipinski definition) is 6. The molecule has 2 N–H and O–H groups in total. The lowest BCUT2D eigenvalue weighted by molar-refractivity contribution is 0.522. The Labute approximate surface area is 144 Å². The summed E-state index contributed by atoms with van der Waals surface area (Å²) < 4.78 is 5.85. The van der Waals surface area contributed by atoms with Gasteiger partial charge in [0.1, 0.15) is 11.5 Å². The molecule has 3 aromatic rings. The van der Waals surface area contributed by atoms with Gasteiger partial charge in [0.05, 0.1) is 29.4 Å². The van der Waals surface area contributed by atoms with Crippen molar-refractivity contribution < 1.29 is 4.42 Å². The summed E-state index contributed by atoms with van der Waals surface area (Å²) in [6.07, 6.45) is 3.35. The largest absolute Gasteiger partial charge is 0.424 e. The Morgan fingerprint density at radius 1 is 1.20 bits per heavy atom. The van der Waals surface area contributed by atoms with Crippen molar-refractivity contribution in [2.24, 2.45) is 5.73 Å². The molecule has 6 nitrogen and oxygen atoms in total. The van der Waals surface area contributed by atoms with Crippen LogP contribution < -0.4 is 10.6 Å². The predicted molar refractivity (Wildman–Crippen MR) is 92.7 cm³/mol. The van der Waals surface area contributed by atoms with Gasteiger partial charge < -0.3 is 10.2 Å². The van der Waals surface area contributed by atoms with Gasteiger partial charge in [0.2, 0.25) is 5.88 Å². The second-order valence-corrected chi connectivity index (χ2v) is 5.72. The van der Waals surface area contributed by atoms with Crippen LogP contribution >= 0.6 is 0 Å². The van der Waals surface area contributed by atoms with Crippen LogP contribution in [0.1, 0.15) is 23.1 Å². The molecule has 0 aliphatic carbocycles. The minimum absolute atomic E-state index is 0.327. The first-order chi connectivity index (χ1) is 12.2. The van der Waals surface area contributed by atoms with Crippen molar-refractivity contribution in [2.45, 2.75) is 12.8 Å². The normalized spacial score (nSPS) is 16.5. The van der Waals surface area contributed by atoms with E-state index in [0.717, 1.165) is 11.3 Å². The monoisotopic (exact) mass is 329 g/mol. The molecule has 1 aliphatic heterocycles. The Kier molecular flexibility index (Phi) is 3.47. The van der Waals surface area contributed by atoms with Crippen LogP contribution in [-0.2, 0) is 0 Å². The number of nitrogens with two attached hydrogens (primary N) is 1. The fourth-order valence-electron chi connectivity index (χ4n) is 3.13. The quantitative estimate of drug-likeness (QED) is 0.775. The summed E-state index contributed by atoms with van der Waals surface area (Å²) in [6, 6.07) is 15.6. The van der Waals surface area contributed by atoms with Crippen LogP contribution in [-0.4, -0.2) is 9.97 Å². The van der Waals surface area contributed by atoms with Crippen LogP contribution in [0, 0.1) is 18.3 Å². The maximum absolute atomic E-state index is 9.80. The van der Waals surface area contributed by atoms with Crippen LogP contribution in [0.25, 0.3) is 0 Å². The smallest absolute Gasteiger partial charge is 0.230 e. The van der Waals surface area contributed by atoms with Gasteiger partial charge in [-0.25, -0.2) is 4.98 Å². The van der Waals surface area contributed by atoms with Crippen molar-refractivity contribution in [3.8, 4) is 6.07 Å². The van der Waals surface area contributed by atoms with Gasteiger partial charge in [0.15, 0.2) is 5.89 Å². The topological polar surface area (TPSA) is 92.0 Å². The van der Waals surface area contributed by atoms with E-state index in [1.54, 1.807) is 30.3 Å².